The number of fused-ring (bicyclic) bond motifs is 1. The topological polar surface area (TPSA) is 38.0 Å². The fourth-order valence-electron chi connectivity index (χ4n) is 1.78. The molecule has 1 aliphatic heterocycles. The summed E-state index contributed by atoms with van der Waals surface area (Å²) in [6.07, 6.45) is 1.14. The van der Waals surface area contributed by atoms with E-state index in [0.29, 0.717) is 6.54 Å². The van der Waals surface area contributed by atoms with Gasteiger partial charge in [-0.3, -0.25) is 0 Å². The highest BCUT2D eigenvalue weighted by Gasteiger charge is 2.10. The molecule has 0 saturated carbocycles. The van der Waals surface area contributed by atoms with Gasteiger partial charge < -0.3 is 11.1 Å². The van der Waals surface area contributed by atoms with Crippen LogP contribution in [0.4, 0.5) is 0 Å². The smallest absolute Gasteiger partial charge is 0.0211 e. The molecule has 0 amide bonds. The number of benzene rings is 1. The summed E-state index contributed by atoms with van der Waals surface area (Å²) in [5.74, 6) is 0. The van der Waals surface area contributed by atoms with Gasteiger partial charge in [-0.25, -0.2) is 0 Å². The second kappa shape index (κ2) is 3.25. The lowest BCUT2D eigenvalue weighted by molar-refractivity contribution is 0.637. The maximum atomic E-state index is 5.65. The second-order valence-corrected chi connectivity index (χ2v) is 3.19. The van der Waals surface area contributed by atoms with E-state index in [2.05, 4.69) is 23.5 Å². The van der Waals surface area contributed by atoms with Crippen molar-refractivity contribution in [2.45, 2.75) is 19.5 Å². The Morgan fingerprint density at radius 1 is 1.42 bits per heavy atom. The number of hydrogen-bond acceptors (Lipinski definition) is 2. The van der Waals surface area contributed by atoms with Crippen LogP contribution in [-0.4, -0.2) is 6.54 Å². The molecular formula is C10H14N2. The lowest BCUT2D eigenvalue weighted by Gasteiger charge is -2.19. The summed E-state index contributed by atoms with van der Waals surface area (Å²) in [6, 6.07) is 6.42. The number of nitrogens with one attached hydrogen (secondary N) is 1. The van der Waals surface area contributed by atoms with Crippen LogP contribution in [0.3, 0.4) is 0 Å². The van der Waals surface area contributed by atoms with Crippen molar-refractivity contribution in [2.24, 2.45) is 5.73 Å². The van der Waals surface area contributed by atoms with Gasteiger partial charge in [0.1, 0.15) is 0 Å². The molecule has 1 aromatic carbocycles. The minimum Gasteiger partial charge on any atom is -0.326 e. The lowest BCUT2D eigenvalue weighted by Crippen LogP contribution is -2.25. The molecule has 64 valence electrons. The van der Waals surface area contributed by atoms with Crippen LogP contribution in [0.2, 0.25) is 0 Å². The summed E-state index contributed by atoms with van der Waals surface area (Å²) >= 11 is 0. The molecular weight excluding hydrogens is 148 g/mol. The first kappa shape index (κ1) is 7.77. The zero-order valence-electron chi connectivity index (χ0n) is 7.14. The fraction of sp³-hybridized carbons (Fsp3) is 0.400. The van der Waals surface area contributed by atoms with Crippen LogP contribution in [0, 0.1) is 0 Å². The molecule has 0 atom stereocenters. The predicted octanol–water partition coefficient (Wildman–Crippen LogP) is 0.791. The molecule has 3 N–H and O–H groups in total. The van der Waals surface area contributed by atoms with E-state index in [9.17, 15) is 0 Å². The van der Waals surface area contributed by atoms with E-state index in [-0.39, 0.29) is 0 Å². The van der Waals surface area contributed by atoms with E-state index in [4.69, 9.17) is 5.73 Å². The normalized spacial score (nSPS) is 15.8. The van der Waals surface area contributed by atoms with Crippen molar-refractivity contribution in [3.63, 3.8) is 0 Å². The average molecular weight is 162 g/mol. The molecule has 12 heavy (non-hydrogen) atoms. The molecule has 0 aromatic heterocycles. The van der Waals surface area contributed by atoms with Crippen LogP contribution in [0.15, 0.2) is 18.2 Å². The Bertz CT molecular complexity index is 267. The van der Waals surface area contributed by atoms with Gasteiger partial charge in [0.25, 0.3) is 0 Å². The fourth-order valence-corrected chi connectivity index (χ4v) is 1.78. The molecule has 1 heterocycles. The average Bonchev–Trinajstić information content (AvgIpc) is 2.17. The predicted molar refractivity (Wildman–Crippen MR) is 49.7 cm³/mol. The van der Waals surface area contributed by atoms with Crippen LogP contribution in [-0.2, 0) is 19.5 Å². The van der Waals surface area contributed by atoms with E-state index < -0.39 is 0 Å². The van der Waals surface area contributed by atoms with Gasteiger partial charge in [-0.1, -0.05) is 18.2 Å². The SMILES string of the molecule is NCc1cccc2c1CNCC2. The summed E-state index contributed by atoms with van der Waals surface area (Å²) < 4.78 is 0. The summed E-state index contributed by atoms with van der Waals surface area (Å²) in [6.45, 7) is 2.74. The minimum absolute atomic E-state index is 0.658. The quantitative estimate of drug-likeness (QED) is 0.640. The molecule has 2 rings (SSSR count). The molecule has 0 fully saturated rings. The Balaban J connectivity index is 2.44. The summed E-state index contributed by atoms with van der Waals surface area (Å²) in [4.78, 5) is 0. The summed E-state index contributed by atoms with van der Waals surface area (Å²) in [7, 11) is 0. The van der Waals surface area contributed by atoms with Gasteiger partial charge in [-0.05, 0) is 29.7 Å². The van der Waals surface area contributed by atoms with Crippen LogP contribution < -0.4 is 11.1 Å². The van der Waals surface area contributed by atoms with Crippen molar-refractivity contribution >= 4 is 0 Å². The second-order valence-electron chi connectivity index (χ2n) is 3.19. The van der Waals surface area contributed by atoms with Crippen molar-refractivity contribution in [2.75, 3.05) is 6.54 Å². The van der Waals surface area contributed by atoms with Crippen LogP contribution in [0.1, 0.15) is 16.7 Å². The molecule has 2 heteroatoms. The third kappa shape index (κ3) is 1.24. The zero-order valence-corrected chi connectivity index (χ0v) is 7.14. The van der Waals surface area contributed by atoms with Crippen molar-refractivity contribution in [3.05, 3.63) is 34.9 Å². The van der Waals surface area contributed by atoms with Crippen molar-refractivity contribution in [1.82, 2.24) is 5.32 Å². The molecule has 0 radical (unpaired) electrons. The standard InChI is InChI=1S/C10H14N2/c11-6-9-3-1-2-8-4-5-12-7-10(8)9/h1-3,12H,4-7,11H2. The highest BCUT2D eigenvalue weighted by atomic mass is 14.9. The number of nitrogens with two attached hydrogens (primary N) is 1. The maximum absolute atomic E-state index is 5.65. The minimum atomic E-state index is 0.658. The summed E-state index contributed by atoms with van der Waals surface area (Å²) in [5.41, 5.74) is 9.83. The Labute approximate surface area is 72.8 Å². The molecule has 1 aliphatic rings. The Morgan fingerprint density at radius 3 is 3.17 bits per heavy atom. The van der Waals surface area contributed by atoms with Gasteiger partial charge in [0, 0.05) is 13.1 Å². The molecule has 0 spiro atoms. The van der Waals surface area contributed by atoms with Gasteiger partial charge in [0.15, 0.2) is 0 Å². The van der Waals surface area contributed by atoms with Crippen LogP contribution in [0.5, 0.6) is 0 Å². The Hall–Kier alpha value is -0.860. The molecule has 1 aromatic rings. The van der Waals surface area contributed by atoms with Crippen LogP contribution in [0.25, 0.3) is 0 Å². The van der Waals surface area contributed by atoms with Crippen LogP contribution >= 0.6 is 0 Å². The van der Waals surface area contributed by atoms with Crippen molar-refractivity contribution in [1.29, 1.82) is 0 Å². The molecule has 0 unspecified atom stereocenters. The van der Waals surface area contributed by atoms with E-state index in [0.717, 1.165) is 19.5 Å². The molecule has 0 bridgehead atoms. The van der Waals surface area contributed by atoms with Crippen molar-refractivity contribution in [3.8, 4) is 0 Å². The third-order valence-corrected chi connectivity index (χ3v) is 2.46. The first-order valence-corrected chi connectivity index (χ1v) is 4.42. The van der Waals surface area contributed by atoms with E-state index in [1.54, 1.807) is 0 Å². The molecule has 0 saturated heterocycles. The largest absolute Gasteiger partial charge is 0.326 e. The lowest BCUT2D eigenvalue weighted by atomic mass is 9.96. The van der Waals surface area contributed by atoms with E-state index in [1.807, 2.05) is 0 Å². The number of hydrogen-bond donors (Lipinski definition) is 2. The highest BCUT2D eigenvalue weighted by molar-refractivity contribution is 5.36. The first-order valence-electron chi connectivity index (χ1n) is 4.42. The summed E-state index contributed by atoms with van der Waals surface area (Å²) in [5, 5.41) is 3.36. The zero-order chi connectivity index (χ0) is 8.39. The van der Waals surface area contributed by atoms with Gasteiger partial charge in [0.05, 0.1) is 0 Å². The van der Waals surface area contributed by atoms with E-state index >= 15 is 0 Å². The Morgan fingerprint density at radius 2 is 2.33 bits per heavy atom. The van der Waals surface area contributed by atoms with Gasteiger partial charge in [0.2, 0.25) is 0 Å². The first-order chi connectivity index (χ1) is 5.92. The van der Waals surface area contributed by atoms with Gasteiger partial charge in [-0.2, -0.15) is 0 Å². The Kier molecular flexibility index (Phi) is 2.11. The van der Waals surface area contributed by atoms with Crippen molar-refractivity contribution < 1.29 is 0 Å². The third-order valence-electron chi connectivity index (χ3n) is 2.46. The maximum Gasteiger partial charge on any atom is 0.0211 e. The molecule has 0 aliphatic carbocycles. The van der Waals surface area contributed by atoms with E-state index in [1.165, 1.54) is 16.7 Å². The van der Waals surface area contributed by atoms with Gasteiger partial charge in [-0.15, -0.1) is 0 Å². The monoisotopic (exact) mass is 162 g/mol. The highest BCUT2D eigenvalue weighted by Crippen LogP contribution is 2.17. The number of rotatable bonds is 1. The molecule has 2 nitrogen and oxygen atoms in total. The van der Waals surface area contributed by atoms with Gasteiger partial charge >= 0.3 is 0 Å².